The number of fused-ring (bicyclic) bond motifs is 2. The summed E-state index contributed by atoms with van der Waals surface area (Å²) in [6, 6.07) is 15.1. The second-order valence-corrected chi connectivity index (χ2v) is 20.1. The van der Waals surface area contributed by atoms with Crippen LogP contribution in [-0.2, 0) is 30.7 Å². The van der Waals surface area contributed by atoms with Crippen molar-refractivity contribution < 1.29 is 42.0 Å². The highest BCUT2D eigenvalue weighted by Crippen LogP contribution is 2.37. The van der Waals surface area contributed by atoms with E-state index in [9.17, 15) is 18.3 Å². The van der Waals surface area contributed by atoms with Crippen molar-refractivity contribution in [2.24, 2.45) is 28.4 Å². The maximum absolute atomic E-state index is 14.2. The summed E-state index contributed by atoms with van der Waals surface area (Å²) < 4.78 is 57.3. The zero-order chi connectivity index (χ0) is 43.1. The molecule has 5 atom stereocenters. The molecular weight excluding hydrogens is 773 g/mol. The van der Waals surface area contributed by atoms with E-state index in [0.717, 1.165) is 30.9 Å². The molecule has 0 unspecified atom stereocenters. The van der Waals surface area contributed by atoms with Gasteiger partial charge in [0.2, 0.25) is 16.8 Å². The number of hydrogen-bond acceptors (Lipinski definition) is 11. The SMILES string of the molecule is CC(C)(CCCCC#N)CN(C[C@@H](O)[C@H](Cc1ccccc1)NC(=O)O[C@H]1CO[C@H]2OCC[C@H]21)S(=O)(=O)c1ccc2c(c1)OCO2.CC(C)CC(C)(C)CCCCCN. The van der Waals surface area contributed by atoms with Crippen molar-refractivity contribution in [2.75, 3.05) is 39.6 Å². The number of nitrogens with zero attached hydrogens (tertiary/aromatic N) is 2. The van der Waals surface area contributed by atoms with E-state index in [-0.39, 0.29) is 50.0 Å². The third kappa shape index (κ3) is 15.5. The van der Waals surface area contributed by atoms with Gasteiger partial charge in [0.1, 0.15) is 6.10 Å². The van der Waals surface area contributed by atoms with E-state index in [0.29, 0.717) is 42.8 Å². The highest BCUT2D eigenvalue weighted by Gasteiger charge is 2.44. The Hall–Kier alpha value is -3.45. The standard InChI is InChI=1S/C33H43N3O9S.C12H27N/c1-33(2,14-7-4-8-15-34)21-36(46(39,40)24-11-12-28-29(18-24)44-22-43-28)19-27(37)26(17-23-9-5-3-6-10-23)35-32(38)45-30-20-42-31-25(30)13-16-41-31;1-11(2)10-12(3,4)8-6-5-7-9-13/h3,5-6,9-12,18,25-27,30-31,37H,4,7-8,13-14,16-17,19-22H2,1-2H3,(H,35,38);11H,5-10,13H2,1-4H3/t25-,26-,27+,30-,31+;/m0./s1. The molecule has 2 aromatic rings. The molecule has 0 spiro atoms. The predicted molar refractivity (Wildman–Crippen MR) is 227 cm³/mol. The first-order chi connectivity index (χ1) is 28.0. The van der Waals surface area contributed by atoms with Crippen molar-refractivity contribution in [3.8, 4) is 17.6 Å². The second-order valence-electron chi connectivity index (χ2n) is 18.2. The van der Waals surface area contributed by atoms with E-state index in [2.05, 4.69) is 39.1 Å². The number of unbranched alkanes of at least 4 members (excludes halogenated alkanes) is 4. The lowest BCUT2D eigenvalue weighted by Crippen LogP contribution is -2.52. The lowest BCUT2D eigenvalue weighted by Gasteiger charge is -2.35. The van der Waals surface area contributed by atoms with Crippen molar-refractivity contribution in [3.05, 3.63) is 54.1 Å². The minimum Gasteiger partial charge on any atom is -0.454 e. The van der Waals surface area contributed by atoms with Gasteiger partial charge in [-0.2, -0.15) is 9.57 Å². The first-order valence-corrected chi connectivity index (χ1v) is 22.9. The number of alkyl carbamates (subject to hydrolysis) is 1. The average Bonchev–Trinajstić information content (AvgIpc) is 3.94. The van der Waals surface area contributed by atoms with Gasteiger partial charge in [-0.15, -0.1) is 0 Å². The van der Waals surface area contributed by atoms with E-state index in [1.54, 1.807) is 6.07 Å². The molecule has 0 aliphatic carbocycles. The van der Waals surface area contributed by atoms with Gasteiger partial charge in [-0.05, 0) is 85.9 Å². The van der Waals surface area contributed by atoms with Gasteiger partial charge >= 0.3 is 6.09 Å². The highest BCUT2D eigenvalue weighted by atomic mass is 32.2. The monoisotopic (exact) mass is 842 g/mol. The molecule has 2 aromatic carbocycles. The maximum Gasteiger partial charge on any atom is 0.407 e. The number of aliphatic hydroxyl groups is 1. The van der Waals surface area contributed by atoms with Crippen molar-refractivity contribution in [1.82, 2.24) is 9.62 Å². The Balaban J connectivity index is 0.000000509. The fourth-order valence-electron chi connectivity index (χ4n) is 8.29. The highest BCUT2D eigenvalue weighted by molar-refractivity contribution is 7.89. The number of aliphatic hydroxyl groups excluding tert-OH is 1. The van der Waals surface area contributed by atoms with Crippen LogP contribution in [0.15, 0.2) is 53.4 Å². The van der Waals surface area contributed by atoms with E-state index >= 15 is 0 Å². The van der Waals surface area contributed by atoms with Gasteiger partial charge in [0.05, 0.1) is 42.2 Å². The summed E-state index contributed by atoms with van der Waals surface area (Å²) in [5, 5.41) is 23.5. The van der Waals surface area contributed by atoms with Crippen LogP contribution in [0.2, 0.25) is 0 Å². The van der Waals surface area contributed by atoms with Gasteiger partial charge in [0, 0.05) is 25.6 Å². The Bertz CT molecular complexity index is 1730. The molecule has 59 heavy (non-hydrogen) atoms. The van der Waals surface area contributed by atoms with Crippen LogP contribution in [0.25, 0.3) is 0 Å². The summed E-state index contributed by atoms with van der Waals surface area (Å²) in [4.78, 5) is 13.2. The topological polar surface area (TPSA) is 183 Å². The summed E-state index contributed by atoms with van der Waals surface area (Å²) in [7, 11) is -4.14. The summed E-state index contributed by atoms with van der Waals surface area (Å²) in [5.41, 5.74) is 6.36. The van der Waals surface area contributed by atoms with Crippen LogP contribution in [0.4, 0.5) is 4.79 Å². The molecule has 3 aliphatic rings. The molecule has 3 aliphatic heterocycles. The van der Waals surface area contributed by atoms with E-state index in [4.69, 9.17) is 34.7 Å². The lowest BCUT2D eigenvalue weighted by molar-refractivity contribution is -0.0907. The zero-order valence-electron chi connectivity index (χ0n) is 36.2. The third-order valence-electron chi connectivity index (χ3n) is 11.2. The van der Waals surface area contributed by atoms with Gasteiger partial charge in [-0.3, -0.25) is 0 Å². The van der Waals surface area contributed by atoms with Gasteiger partial charge in [-0.1, -0.05) is 91.1 Å². The van der Waals surface area contributed by atoms with E-state index < -0.39 is 39.8 Å². The molecule has 2 fully saturated rings. The summed E-state index contributed by atoms with van der Waals surface area (Å²) in [6.45, 7) is 14.7. The van der Waals surface area contributed by atoms with Crippen molar-refractivity contribution in [3.63, 3.8) is 0 Å². The Morgan fingerprint density at radius 3 is 2.42 bits per heavy atom. The summed E-state index contributed by atoms with van der Waals surface area (Å²) in [5.74, 6) is 1.55. The molecule has 13 nitrogen and oxygen atoms in total. The largest absolute Gasteiger partial charge is 0.454 e. The number of amides is 1. The number of nitrogens with one attached hydrogen (secondary N) is 1. The van der Waals surface area contributed by atoms with E-state index in [1.165, 1.54) is 48.5 Å². The summed E-state index contributed by atoms with van der Waals surface area (Å²) in [6.07, 6.45) is 7.18. The lowest BCUT2D eigenvalue weighted by atomic mass is 9.80. The van der Waals surface area contributed by atoms with Crippen LogP contribution < -0.4 is 20.5 Å². The Labute approximate surface area is 353 Å². The van der Waals surface area contributed by atoms with Crippen molar-refractivity contribution in [2.45, 2.75) is 142 Å². The molecule has 0 saturated carbocycles. The molecule has 0 bridgehead atoms. The number of hydrogen-bond donors (Lipinski definition) is 3. The van der Waals surface area contributed by atoms with Crippen LogP contribution in [0.3, 0.4) is 0 Å². The Morgan fingerprint density at radius 1 is 1.00 bits per heavy atom. The number of carbonyl (C=O) groups excluding carboxylic acids is 1. The number of rotatable bonds is 22. The number of ether oxygens (including phenoxy) is 5. The first-order valence-electron chi connectivity index (χ1n) is 21.4. The summed E-state index contributed by atoms with van der Waals surface area (Å²) >= 11 is 0. The fourth-order valence-corrected chi connectivity index (χ4v) is 9.95. The van der Waals surface area contributed by atoms with Crippen molar-refractivity contribution in [1.29, 1.82) is 5.26 Å². The average molecular weight is 843 g/mol. The number of nitriles is 1. The minimum absolute atomic E-state index is 0.00132. The van der Waals surface area contributed by atoms with Crippen LogP contribution in [0.1, 0.15) is 111 Å². The zero-order valence-corrected chi connectivity index (χ0v) is 37.0. The Morgan fingerprint density at radius 2 is 1.71 bits per heavy atom. The number of benzene rings is 2. The van der Waals surface area contributed by atoms with Gasteiger partial charge in [0.15, 0.2) is 17.8 Å². The molecule has 0 radical (unpaired) electrons. The molecule has 330 valence electrons. The molecular formula is C45H70N4O9S. The Kier molecular flexibility index (Phi) is 18.8. The second kappa shape index (κ2) is 23.0. The van der Waals surface area contributed by atoms with Crippen LogP contribution in [0, 0.1) is 34.0 Å². The smallest absolute Gasteiger partial charge is 0.407 e. The third-order valence-corrected chi connectivity index (χ3v) is 13.0. The normalized spacial score (nSPS) is 19.8. The quantitative estimate of drug-likeness (QED) is 0.0996. The van der Waals surface area contributed by atoms with Gasteiger partial charge < -0.3 is 39.8 Å². The molecule has 5 rings (SSSR count). The molecule has 1 amide bonds. The number of sulfonamides is 1. The van der Waals surface area contributed by atoms with Crippen LogP contribution >= 0.6 is 0 Å². The molecule has 4 N–H and O–H groups in total. The van der Waals surface area contributed by atoms with Gasteiger partial charge in [-0.25, -0.2) is 13.2 Å². The van der Waals surface area contributed by atoms with E-state index in [1.807, 2.05) is 44.2 Å². The number of carbonyl (C=O) groups is 1. The minimum atomic E-state index is -4.14. The molecule has 0 aromatic heterocycles. The van der Waals surface area contributed by atoms with Crippen LogP contribution in [0.5, 0.6) is 11.5 Å². The van der Waals surface area contributed by atoms with Crippen molar-refractivity contribution >= 4 is 16.1 Å². The fraction of sp³-hybridized carbons (Fsp3) is 0.689. The molecule has 2 saturated heterocycles. The maximum atomic E-state index is 14.2. The first kappa shape index (κ1) is 48.2. The molecule has 3 heterocycles. The van der Waals surface area contributed by atoms with Crippen LogP contribution in [-0.4, -0.2) is 88.1 Å². The predicted octanol–water partition coefficient (Wildman–Crippen LogP) is 7.55. The molecule has 14 heteroatoms. The van der Waals surface area contributed by atoms with Gasteiger partial charge in [0.25, 0.3) is 0 Å². The number of nitrogens with two attached hydrogens (primary N) is 1.